The van der Waals surface area contributed by atoms with E-state index in [1.807, 2.05) is 6.07 Å². The maximum Gasteiger partial charge on any atom is 0.132 e. The van der Waals surface area contributed by atoms with Crippen molar-refractivity contribution in [3.63, 3.8) is 0 Å². The highest BCUT2D eigenvalue weighted by Gasteiger charge is 2.20. The van der Waals surface area contributed by atoms with Crippen LogP contribution < -0.4 is 5.32 Å². The molecule has 0 unspecified atom stereocenters. The highest BCUT2D eigenvalue weighted by Crippen LogP contribution is 2.23. The van der Waals surface area contributed by atoms with Crippen LogP contribution in [0.4, 0.5) is 4.39 Å². The number of nitrogens with one attached hydrogen (secondary N) is 1. The number of hydrogen-bond donors (Lipinski definition) is 1. The van der Waals surface area contributed by atoms with Crippen LogP contribution in [0.1, 0.15) is 18.4 Å². The molecule has 1 heterocycles. The Hall–Kier alpha value is -1.75. The first-order valence-corrected chi connectivity index (χ1v) is 6.11. The second-order valence-electron chi connectivity index (χ2n) is 4.71. The number of benzene rings is 1. The molecule has 0 bridgehead atoms. The van der Waals surface area contributed by atoms with E-state index in [2.05, 4.69) is 15.6 Å². The van der Waals surface area contributed by atoms with Gasteiger partial charge >= 0.3 is 0 Å². The van der Waals surface area contributed by atoms with Gasteiger partial charge in [0.25, 0.3) is 0 Å². The van der Waals surface area contributed by atoms with E-state index in [0.29, 0.717) is 17.3 Å². The van der Waals surface area contributed by atoms with E-state index >= 15 is 0 Å². The number of nitrogens with zero attached hydrogens (tertiary/aromatic N) is 3. The van der Waals surface area contributed by atoms with Crippen molar-refractivity contribution in [1.29, 1.82) is 0 Å². The third kappa shape index (κ3) is 2.26. The minimum atomic E-state index is -0.226. The molecule has 0 aliphatic heterocycles. The minimum absolute atomic E-state index is 0.226. The Morgan fingerprint density at radius 1 is 1.44 bits per heavy atom. The molecule has 1 fully saturated rings. The molecule has 0 atom stereocenters. The summed E-state index contributed by atoms with van der Waals surface area (Å²) < 4.78 is 15.6. The van der Waals surface area contributed by atoms with Gasteiger partial charge in [-0.05, 0) is 30.5 Å². The molecule has 5 heteroatoms. The summed E-state index contributed by atoms with van der Waals surface area (Å²) in [5.74, 6) is -0.226. The van der Waals surface area contributed by atoms with E-state index in [1.165, 1.54) is 12.8 Å². The molecule has 94 valence electrons. The molecule has 0 saturated heterocycles. The average molecular weight is 246 g/mol. The average Bonchev–Trinajstić information content (AvgIpc) is 3.09. The van der Waals surface area contributed by atoms with Crippen LogP contribution in [0.5, 0.6) is 0 Å². The molecule has 0 radical (unpaired) electrons. The number of hydrogen-bond acceptors (Lipinski definition) is 3. The molecule has 3 rings (SSSR count). The summed E-state index contributed by atoms with van der Waals surface area (Å²) in [5, 5.41) is 10.9. The first-order valence-electron chi connectivity index (χ1n) is 6.11. The summed E-state index contributed by atoms with van der Waals surface area (Å²) in [6, 6.07) is 5.95. The zero-order valence-electron chi connectivity index (χ0n) is 10.2. The van der Waals surface area contributed by atoms with E-state index in [9.17, 15) is 4.39 Å². The lowest BCUT2D eigenvalue weighted by atomic mass is 10.1. The molecule has 0 amide bonds. The van der Waals surface area contributed by atoms with Crippen LogP contribution in [-0.4, -0.2) is 21.0 Å². The molecule has 2 aromatic rings. The lowest BCUT2D eigenvalue weighted by Gasteiger charge is -2.07. The number of aromatic nitrogens is 3. The van der Waals surface area contributed by atoms with Gasteiger partial charge in [-0.15, -0.1) is 5.10 Å². The lowest BCUT2D eigenvalue weighted by molar-refractivity contribution is 0.619. The fraction of sp³-hybridized carbons (Fsp3) is 0.385. The zero-order chi connectivity index (χ0) is 12.5. The fourth-order valence-electron chi connectivity index (χ4n) is 1.96. The largest absolute Gasteiger partial charge is 0.310 e. The van der Waals surface area contributed by atoms with Gasteiger partial charge in [-0.2, -0.15) is 0 Å². The summed E-state index contributed by atoms with van der Waals surface area (Å²) in [7, 11) is 1.75. The third-order valence-corrected chi connectivity index (χ3v) is 3.20. The summed E-state index contributed by atoms with van der Waals surface area (Å²) in [5.41, 5.74) is 2.20. The molecule has 1 aromatic heterocycles. The Morgan fingerprint density at radius 2 is 2.28 bits per heavy atom. The predicted molar refractivity (Wildman–Crippen MR) is 66.3 cm³/mol. The van der Waals surface area contributed by atoms with E-state index in [-0.39, 0.29) is 5.82 Å². The highest BCUT2D eigenvalue weighted by atomic mass is 19.1. The Labute approximate surface area is 105 Å². The molecule has 0 spiro atoms. The zero-order valence-corrected chi connectivity index (χ0v) is 10.2. The topological polar surface area (TPSA) is 42.7 Å². The molecule has 1 aromatic carbocycles. The van der Waals surface area contributed by atoms with E-state index in [1.54, 1.807) is 30.1 Å². The van der Waals surface area contributed by atoms with Crippen LogP contribution in [-0.2, 0) is 13.6 Å². The summed E-state index contributed by atoms with van der Waals surface area (Å²) >= 11 is 0. The summed E-state index contributed by atoms with van der Waals surface area (Å²) in [6.07, 6.45) is 4.04. The van der Waals surface area contributed by atoms with Crippen LogP contribution in [0.15, 0.2) is 24.4 Å². The predicted octanol–water partition coefficient (Wildman–Crippen LogP) is 1.87. The van der Waals surface area contributed by atoms with Crippen molar-refractivity contribution in [2.45, 2.75) is 25.4 Å². The van der Waals surface area contributed by atoms with Crippen LogP contribution in [0.25, 0.3) is 11.3 Å². The highest BCUT2D eigenvalue weighted by molar-refractivity contribution is 5.59. The molecule has 4 nitrogen and oxygen atoms in total. The van der Waals surface area contributed by atoms with Crippen molar-refractivity contribution in [2.24, 2.45) is 7.05 Å². The van der Waals surface area contributed by atoms with Crippen LogP contribution in [0, 0.1) is 5.82 Å². The molecule has 18 heavy (non-hydrogen) atoms. The van der Waals surface area contributed by atoms with Crippen molar-refractivity contribution in [2.75, 3.05) is 0 Å². The number of halogens is 1. The van der Waals surface area contributed by atoms with Crippen molar-refractivity contribution in [1.82, 2.24) is 20.3 Å². The smallest absolute Gasteiger partial charge is 0.132 e. The summed E-state index contributed by atoms with van der Waals surface area (Å²) in [6.45, 7) is 0.728. The van der Waals surface area contributed by atoms with Gasteiger partial charge in [0.2, 0.25) is 0 Å². The molecule has 1 aliphatic rings. The number of rotatable bonds is 4. The standard InChI is InChI=1S/C13H15FN4/c1-18-13(8-16-17-18)11-5-2-9(6-12(11)14)7-15-10-3-4-10/h2,5-6,8,10,15H,3-4,7H2,1H3. The molecular weight excluding hydrogens is 231 g/mol. The normalized spacial score (nSPS) is 15.0. The monoisotopic (exact) mass is 246 g/mol. The Kier molecular flexibility index (Phi) is 2.83. The Balaban J connectivity index is 1.82. The fourth-order valence-corrected chi connectivity index (χ4v) is 1.96. The first-order chi connectivity index (χ1) is 8.74. The second-order valence-corrected chi connectivity index (χ2v) is 4.71. The molecule has 1 aliphatic carbocycles. The maximum absolute atomic E-state index is 14.0. The van der Waals surface area contributed by atoms with Crippen LogP contribution in [0.3, 0.4) is 0 Å². The van der Waals surface area contributed by atoms with Crippen LogP contribution >= 0.6 is 0 Å². The van der Waals surface area contributed by atoms with Gasteiger partial charge < -0.3 is 5.32 Å². The van der Waals surface area contributed by atoms with E-state index < -0.39 is 0 Å². The molecule has 1 N–H and O–H groups in total. The van der Waals surface area contributed by atoms with Crippen LogP contribution in [0.2, 0.25) is 0 Å². The second kappa shape index (κ2) is 4.49. The SMILES string of the molecule is Cn1nncc1-c1ccc(CNC2CC2)cc1F. The van der Waals surface area contributed by atoms with Crippen molar-refractivity contribution < 1.29 is 4.39 Å². The van der Waals surface area contributed by atoms with Gasteiger partial charge in [0, 0.05) is 25.2 Å². The van der Waals surface area contributed by atoms with Gasteiger partial charge in [-0.1, -0.05) is 11.3 Å². The molecule has 1 saturated carbocycles. The molecular formula is C13H15FN4. The third-order valence-electron chi connectivity index (χ3n) is 3.20. The van der Waals surface area contributed by atoms with Gasteiger partial charge in [-0.25, -0.2) is 9.07 Å². The first kappa shape index (κ1) is 11.3. The summed E-state index contributed by atoms with van der Waals surface area (Å²) in [4.78, 5) is 0. The Morgan fingerprint density at radius 3 is 2.89 bits per heavy atom. The van der Waals surface area contributed by atoms with Crippen molar-refractivity contribution in [3.8, 4) is 11.3 Å². The Bertz CT molecular complexity index is 560. The minimum Gasteiger partial charge on any atom is -0.310 e. The number of aryl methyl sites for hydroxylation is 1. The van der Waals surface area contributed by atoms with Gasteiger partial charge in [-0.3, -0.25) is 0 Å². The van der Waals surface area contributed by atoms with Crippen molar-refractivity contribution in [3.05, 3.63) is 35.8 Å². The van der Waals surface area contributed by atoms with Gasteiger partial charge in [0.05, 0.1) is 11.9 Å². The van der Waals surface area contributed by atoms with Crippen molar-refractivity contribution >= 4 is 0 Å². The lowest BCUT2D eigenvalue weighted by Crippen LogP contribution is -2.15. The van der Waals surface area contributed by atoms with E-state index in [4.69, 9.17) is 0 Å². The van der Waals surface area contributed by atoms with Gasteiger partial charge in [0.15, 0.2) is 0 Å². The maximum atomic E-state index is 14.0. The van der Waals surface area contributed by atoms with Gasteiger partial charge in [0.1, 0.15) is 5.82 Å². The van der Waals surface area contributed by atoms with E-state index in [0.717, 1.165) is 12.1 Å². The quantitative estimate of drug-likeness (QED) is 0.895.